The molecule has 3 aromatic rings. The number of carboxylic acid groups (broad SMARTS) is 1. The number of aromatic nitrogens is 2. The zero-order valence-electron chi connectivity index (χ0n) is 20.5. The SMILES string of the molecule is NCC1(c2cccc(Cl)c2)CCC(n2nc(-c3ccccc3)cc(C(=O)NC3CC3)c2=O)CC1.O=CO. The standard InChI is InChI=1S/C27H29ClN4O2.CH2O2/c28-20-8-4-7-19(15-20)27(17-29)13-11-22(12-14-27)32-26(34)23(25(33)30-21-9-10-21)16-24(31-32)18-5-2-1-3-6-18;2-1-3/h1-8,15-16,21-22H,9-14,17,29H2,(H,30,33);1H,(H,2,3). The molecule has 0 radical (unpaired) electrons. The zero-order valence-corrected chi connectivity index (χ0v) is 21.2. The van der Waals surface area contributed by atoms with Gasteiger partial charge < -0.3 is 16.2 Å². The summed E-state index contributed by atoms with van der Waals surface area (Å²) in [6.45, 7) is 0.265. The van der Waals surface area contributed by atoms with Gasteiger partial charge in [-0.2, -0.15) is 5.10 Å². The molecule has 2 aliphatic carbocycles. The van der Waals surface area contributed by atoms with Gasteiger partial charge in [-0.25, -0.2) is 4.68 Å². The van der Waals surface area contributed by atoms with E-state index in [2.05, 4.69) is 11.4 Å². The van der Waals surface area contributed by atoms with Crippen molar-refractivity contribution >= 4 is 24.0 Å². The molecule has 1 aromatic heterocycles. The minimum atomic E-state index is -0.328. The first kappa shape index (κ1) is 26.6. The van der Waals surface area contributed by atoms with E-state index in [-0.39, 0.29) is 41.0 Å². The van der Waals surface area contributed by atoms with Crippen LogP contribution in [0.5, 0.6) is 0 Å². The van der Waals surface area contributed by atoms with Crippen LogP contribution in [0.3, 0.4) is 0 Å². The van der Waals surface area contributed by atoms with Crippen LogP contribution in [0.1, 0.15) is 60.5 Å². The smallest absolute Gasteiger partial charge is 0.290 e. The van der Waals surface area contributed by atoms with Gasteiger partial charge in [-0.1, -0.05) is 54.1 Å². The number of carbonyl (C=O) groups is 2. The number of hydrogen-bond acceptors (Lipinski definition) is 5. The molecule has 5 rings (SSSR count). The summed E-state index contributed by atoms with van der Waals surface area (Å²) < 4.78 is 1.54. The molecule has 194 valence electrons. The highest BCUT2D eigenvalue weighted by Crippen LogP contribution is 2.42. The van der Waals surface area contributed by atoms with Crippen LogP contribution in [-0.2, 0) is 10.2 Å². The van der Waals surface area contributed by atoms with Gasteiger partial charge in [0.25, 0.3) is 17.9 Å². The molecule has 0 saturated heterocycles. The highest BCUT2D eigenvalue weighted by Gasteiger charge is 2.37. The number of nitrogens with zero attached hydrogens (tertiary/aromatic N) is 2. The van der Waals surface area contributed by atoms with Gasteiger partial charge in [0.2, 0.25) is 0 Å². The van der Waals surface area contributed by atoms with Crippen LogP contribution < -0.4 is 16.6 Å². The number of benzene rings is 2. The average molecular weight is 523 g/mol. The number of carbonyl (C=O) groups excluding carboxylic acids is 1. The second kappa shape index (κ2) is 11.7. The summed E-state index contributed by atoms with van der Waals surface area (Å²) in [5.74, 6) is -0.313. The van der Waals surface area contributed by atoms with Crippen molar-refractivity contribution < 1.29 is 14.7 Å². The topological polar surface area (TPSA) is 127 Å². The summed E-state index contributed by atoms with van der Waals surface area (Å²) in [6, 6.07) is 19.3. The summed E-state index contributed by atoms with van der Waals surface area (Å²) >= 11 is 6.26. The Bertz CT molecular complexity index is 1300. The number of nitrogens with one attached hydrogen (secondary N) is 1. The molecular formula is C28H31ClN4O4. The molecule has 1 amide bonds. The van der Waals surface area contributed by atoms with Gasteiger partial charge in [-0.3, -0.25) is 14.4 Å². The lowest BCUT2D eigenvalue weighted by Crippen LogP contribution is -2.42. The third-order valence-corrected chi connectivity index (χ3v) is 7.48. The van der Waals surface area contributed by atoms with Gasteiger partial charge in [0.15, 0.2) is 0 Å². The van der Waals surface area contributed by atoms with E-state index in [1.165, 1.54) is 0 Å². The second-order valence-corrected chi connectivity index (χ2v) is 10.1. The molecular weight excluding hydrogens is 492 g/mol. The molecule has 9 heteroatoms. The first-order chi connectivity index (χ1) is 17.9. The average Bonchev–Trinajstić information content (AvgIpc) is 3.74. The van der Waals surface area contributed by atoms with E-state index in [9.17, 15) is 9.59 Å². The summed E-state index contributed by atoms with van der Waals surface area (Å²) in [5, 5.41) is 15.3. The van der Waals surface area contributed by atoms with Crippen molar-refractivity contribution in [2.75, 3.05) is 6.54 Å². The van der Waals surface area contributed by atoms with E-state index >= 15 is 0 Å². The van der Waals surface area contributed by atoms with Crippen LogP contribution in [0.15, 0.2) is 65.5 Å². The Hall–Kier alpha value is -3.49. The van der Waals surface area contributed by atoms with E-state index < -0.39 is 0 Å². The maximum atomic E-state index is 13.4. The molecule has 8 nitrogen and oxygen atoms in total. The van der Waals surface area contributed by atoms with Gasteiger partial charge in [0.05, 0.1) is 11.7 Å². The number of amides is 1. The van der Waals surface area contributed by atoms with Crippen molar-refractivity contribution in [2.45, 2.75) is 56.0 Å². The largest absolute Gasteiger partial charge is 0.483 e. The van der Waals surface area contributed by atoms with Crippen LogP contribution >= 0.6 is 11.6 Å². The van der Waals surface area contributed by atoms with Gasteiger partial charge in [0.1, 0.15) is 5.56 Å². The predicted molar refractivity (Wildman–Crippen MR) is 143 cm³/mol. The minimum Gasteiger partial charge on any atom is -0.483 e. The molecule has 4 N–H and O–H groups in total. The highest BCUT2D eigenvalue weighted by atomic mass is 35.5. The van der Waals surface area contributed by atoms with E-state index in [0.29, 0.717) is 17.3 Å². The number of rotatable bonds is 6. The van der Waals surface area contributed by atoms with Gasteiger partial charge >= 0.3 is 0 Å². The van der Waals surface area contributed by atoms with Crippen LogP contribution in [0.4, 0.5) is 0 Å². The van der Waals surface area contributed by atoms with Gasteiger partial charge in [0, 0.05) is 28.6 Å². The predicted octanol–water partition coefficient (Wildman–Crippen LogP) is 4.17. The van der Waals surface area contributed by atoms with Crippen molar-refractivity contribution in [3.05, 3.63) is 87.2 Å². The molecule has 0 aliphatic heterocycles. The molecule has 0 spiro atoms. The molecule has 2 aromatic carbocycles. The summed E-state index contributed by atoms with van der Waals surface area (Å²) in [4.78, 5) is 34.7. The van der Waals surface area contributed by atoms with Crippen molar-refractivity contribution in [3.63, 3.8) is 0 Å². The lowest BCUT2D eigenvalue weighted by atomic mass is 9.68. The molecule has 0 bridgehead atoms. The number of hydrogen-bond donors (Lipinski definition) is 3. The fourth-order valence-electron chi connectivity index (χ4n) is 4.99. The van der Waals surface area contributed by atoms with Crippen LogP contribution in [-0.4, -0.2) is 39.9 Å². The van der Waals surface area contributed by atoms with Crippen molar-refractivity contribution in [1.29, 1.82) is 0 Å². The second-order valence-electron chi connectivity index (χ2n) is 9.64. The molecule has 1 heterocycles. The molecule has 2 aliphatic rings. The third-order valence-electron chi connectivity index (χ3n) is 7.25. The minimum absolute atomic E-state index is 0.0949. The highest BCUT2D eigenvalue weighted by molar-refractivity contribution is 6.30. The van der Waals surface area contributed by atoms with Gasteiger partial charge in [-0.15, -0.1) is 0 Å². The molecule has 37 heavy (non-hydrogen) atoms. The van der Waals surface area contributed by atoms with Gasteiger partial charge in [-0.05, 0) is 62.3 Å². The normalized spacial score (nSPS) is 20.9. The van der Waals surface area contributed by atoms with Crippen molar-refractivity contribution in [1.82, 2.24) is 15.1 Å². The fraction of sp³-hybridized carbons (Fsp3) is 0.357. The third kappa shape index (κ3) is 6.09. The summed E-state index contributed by atoms with van der Waals surface area (Å²) in [6.07, 6.45) is 5.06. The fourth-order valence-corrected chi connectivity index (χ4v) is 5.18. The summed E-state index contributed by atoms with van der Waals surface area (Å²) in [5.41, 5.74) is 8.58. The molecule has 2 fully saturated rings. The first-order valence-corrected chi connectivity index (χ1v) is 12.8. The Morgan fingerprint density at radius 1 is 1.11 bits per heavy atom. The maximum absolute atomic E-state index is 13.4. The lowest BCUT2D eigenvalue weighted by Gasteiger charge is -2.40. The molecule has 2 saturated carbocycles. The van der Waals surface area contributed by atoms with E-state index in [1.54, 1.807) is 10.7 Å². The lowest BCUT2D eigenvalue weighted by molar-refractivity contribution is -0.122. The summed E-state index contributed by atoms with van der Waals surface area (Å²) in [7, 11) is 0. The van der Waals surface area contributed by atoms with Crippen LogP contribution in [0, 0.1) is 0 Å². The Morgan fingerprint density at radius 3 is 2.38 bits per heavy atom. The van der Waals surface area contributed by atoms with Crippen LogP contribution in [0.25, 0.3) is 11.3 Å². The van der Waals surface area contributed by atoms with Crippen LogP contribution in [0.2, 0.25) is 5.02 Å². The van der Waals surface area contributed by atoms with Crippen molar-refractivity contribution in [3.8, 4) is 11.3 Å². The number of halogens is 1. The Labute approximate surface area is 220 Å². The number of nitrogens with two attached hydrogens (primary N) is 1. The zero-order chi connectivity index (χ0) is 26.4. The first-order valence-electron chi connectivity index (χ1n) is 12.4. The Balaban J connectivity index is 0.00000102. The van der Waals surface area contributed by atoms with E-state index in [0.717, 1.165) is 49.7 Å². The Kier molecular flexibility index (Phi) is 8.41. The molecule has 0 atom stereocenters. The van der Waals surface area contributed by atoms with Crippen molar-refractivity contribution in [2.24, 2.45) is 5.73 Å². The maximum Gasteiger partial charge on any atom is 0.290 e. The van der Waals surface area contributed by atoms with E-state index in [4.69, 9.17) is 32.3 Å². The van der Waals surface area contributed by atoms with E-state index in [1.807, 2.05) is 48.5 Å². The molecule has 0 unspecified atom stereocenters. The quantitative estimate of drug-likeness (QED) is 0.417. The Morgan fingerprint density at radius 2 is 1.78 bits per heavy atom. The monoisotopic (exact) mass is 522 g/mol.